The number of carbonyl (C=O) groups excluding carboxylic acids is 3. The maximum absolute atomic E-state index is 14.2. The van der Waals surface area contributed by atoms with Gasteiger partial charge in [0.15, 0.2) is 17.3 Å². The Balaban J connectivity index is 1.06. The monoisotopic (exact) mass is 855 g/mol. The molecule has 3 amide bonds. The second-order valence-electron chi connectivity index (χ2n) is 15.0. The number of imidazole rings is 1. The van der Waals surface area contributed by atoms with Crippen molar-refractivity contribution in [2.24, 2.45) is 18.9 Å². The van der Waals surface area contributed by atoms with E-state index in [1.807, 2.05) is 18.7 Å². The third-order valence-electron chi connectivity index (χ3n) is 10.7. The second-order valence-corrected chi connectivity index (χ2v) is 15.4. The van der Waals surface area contributed by atoms with E-state index in [0.29, 0.717) is 57.2 Å². The number of halogens is 4. The topological polar surface area (TPSA) is 183 Å². The smallest absolute Gasteiger partial charge is 0.435 e. The average molecular weight is 856 g/mol. The number of piperazine rings is 1. The van der Waals surface area contributed by atoms with Crippen LogP contribution in [-0.2, 0) is 22.8 Å². The van der Waals surface area contributed by atoms with Crippen LogP contribution in [0, 0.1) is 11.8 Å². The summed E-state index contributed by atoms with van der Waals surface area (Å²) in [7, 11) is 1.41. The number of rotatable bonds is 17. The van der Waals surface area contributed by atoms with E-state index >= 15 is 0 Å². The number of carboxylic acids is 1. The molecular formula is C40H49ClF3N11O5. The zero-order chi connectivity index (χ0) is 43.1. The number of pyridine rings is 1. The zero-order valence-corrected chi connectivity index (χ0v) is 34.4. The van der Waals surface area contributed by atoms with Gasteiger partial charge in [-0.2, -0.15) is 18.3 Å². The number of nitrogens with zero attached hydrogens (tertiary/aromatic N) is 8. The van der Waals surface area contributed by atoms with Crippen LogP contribution in [0.4, 0.5) is 24.5 Å². The van der Waals surface area contributed by atoms with Gasteiger partial charge in [-0.15, -0.1) is 0 Å². The Hall–Kier alpha value is -5.53. The lowest BCUT2D eigenvalue weighted by Gasteiger charge is -2.37. The number of hydrogen-bond acceptors (Lipinski definition) is 10. The van der Waals surface area contributed by atoms with Crippen LogP contribution in [0.15, 0.2) is 48.9 Å². The van der Waals surface area contributed by atoms with E-state index in [0.717, 1.165) is 30.4 Å². The largest absolute Gasteiger partial charge is 0.480 e. The molecule has 4 N–H and O–H groups in total. The second kappa shape index (κ2) is 19.2. The molecular weight excluding hydrogens is 807 g/mol. The van der Waals surface area contributed by atoms with Gasteiger partial charge in [-0.3, -0.25) is 24.1 Å². The molecule has 1 aromatic carbocycles. The molecule has 322 valence electrons. The van der Waals surface area contributed by atoms with Crippen LogP contribution in [0.25, 0.3) is 17.1 Å². The molecule has 4 aromatic rings. The lowest BCUT2D eigenvalue weighted by atomic mass is 9.98. The number of carbonyl (C=O) groups is 4. The average Bonchev–Trinajstić information content (AvgIpc) is 3.82. The highest BCUT2D eigenvalue weighted by atomic mass is 35.5. The summed E-state index contributed by atoms with van der Waals surface area (Å²) in [6, 6.07) is 7.61. The summed E-state index contributed by atoms with van der Waals surface area (Å²) < 4.78 is 44.9. The summed E-state index contributed by atoms with van der Waals surface area (Å²) >= 11 is 6.56. The summed E-state index contributed by atoms with van der Waals surface area (Å²) in [5.41, 5.74) is -0.349. The van der Waals surface area contributed by atoms with Crippen molar-refractivity contribution in [3.05, 3.63) is 71.0 Å². The Morgan fingerprint density at radius 2 is 1.73 bits per heavy atom. The van der Waals surface area contributed by atoms with Crippen molar-refractivity contribution in [3.8, 4) is 17.1 Å². The number of anilines is 2. The number of nitrogens with one attached hydrogen (secondary N) is 3. The molecule has 2 aliphatic heterocycles. The Morgan fingerprint density at radius 3 is 2.33 bits per heavy atom. The number of hydrogen-bond donors (Lipinski definition) is 4. The SMILES string of the molecule is CCCNc1ccc(-n2cc(-c3cnc(C(=O)Nc4ccc(C(=O)N5CCN(C(=O)C(CC)CCN(CC(=O)O)CC6CNC6)CC5)c(Cl)c4)n3C)c(C(F)(F)F)n2)nc1. The highest BCUT2D eigenvalue weighted by molar-refractivity contribution is 6.34. The number of carboxylic acid groups (broad SMARTS) is 1. The fourth-order valence-corrected chi connectivity index (χ4v) is 7.54. The van der Waals surface area contributed by atoms with Crippen molar-refractivity contribution in [1.82, 2.24) is 44.3 Å². The summed E-state index contributed by atoms with van der Waals surface area (Å²) in [4.78, 5) is 65.4. The Labute approximate surface area is 350 Å². The maximum Gasteiger partial charge on any atom is 0.435 e. The molecule has 20 heteroatoms. The molecule has 2 aliphatic rings. The molecule has 6 rings (SSSR count). The Morgan fingerprint density at radius 1 is 1.02 bits per heavy atom. The third-order valence-corrected chi connectivity index (χ3v) is 11.0. The number of aromatic nitrogens is 5. The van der Waals surface area contributed by atoms with E-state index < -0.39 is 23.7 Å². The van der Waals surface area contributed by atoms with Crippen LogP contribution in [0.1, 0.15) is 59.8 Å². The number of alkyl halides is 3. The predicted molar refractivity (Wildman–Crippen MR) is 218 cm³/mol. The van der Waals surface area contributed by atoms with Gasteiger partial charge in [0.2, 0.25) is 5.91 Å². The van der Waals surface area contributed by atoms with Crippen molar-refractivity contribution >= 4 is 46.7 Å². The highest BCUT2D eigenvalue weighted by Gasteiger charge is 2.39. The normalized spacial score (nSPS) is 15.2. The molecule has 3 aromatic heterocycles. The molecule has 0 aliphatic carbocycles. The quantitative estimate of drug-likeness (QED) is 0.115. The van der Waals surface area contributed by atoms with E-state index in [4.69, 9.17) is 11.6 Å². The van der Waals surface area contributed by atoms with Crippen molar-refractivity contribution < 1.29 is 37.5 Å². The fraction of sp³-hybridized carbons (Fsp3) is 0.475. The first-order chi connectivity index (χ1) is 28.7. The number of aliphatic carboxylic acids is 1. The molecule has 0 bridgehead atoms. The Kier molecular flexibility index (Phi) is 14.1. The van der Waals surface area contributed by atoms with Gasteiger partial charge < -0.3 is 35.4 Å². The molecule has 0 spiro atoms. The lowest BCUT2D eigenvalue weighted by Crippen LogP contribution is -2.52. The van der Waals surface area contributed by atoms with E-state index in [1.54, 1.807) is 21.9 Å². The minimum Gasteiger partial charge on any atom is -0.480 e. The minimum absolute atomic E-state index is 0.00880. The summed E-state index contributed by atoms with van der Waals surface area (Å²) in [6.07, 6.45) is 1.07. The zero-order valence-electron chi connectivity index (χ0n) is 33.6. The summed E-state index contributed by atoms with van der Waals surface area (Å²) in [5, 5.41) is 22.2. The van der Waals surface area contributed by atoms with Crippen LogP contribution < -0.4 is 16.0 Å². The summed E-state index contributed by atoms with van der Waals surface area (Å²) in [5.74, 6) is -1.88. The molecule has 1 unspecified atom stereocenters. The molecule has 16 nitrogen and oxygen atoms in total. The van der Waals surface area contributed by atoms with Gasteiger partial charge in [-0.25, -0.2) is 14.6 Å². The van der Waals surface area contributed by atoms with Crippen LogP contribution in [-0.4, -0.2) is 133 Å². The first-order valence-corrected chi connectivity index (χ1v) is 20.3. The van der Waals surface area contributed by atoms with Gasteiger partial charge in [-0.1, -0.05) is 25.4 Å². The van der Waals surface area contributed by atoms with Crippen LogP contribution in [0.5, 0.6) is 0 Å². The molecule has 1 atom stereocenters. The predicted octanol–water partition coefficient (Wildman–Crippen LogP) is 4.72. The minimum atomic E-state index is -4.82. The summed E-state index contributed by atoms with van der Waals surface area (Å²) in [6.45, 7) is 8.70. The fourth-order valence-electron chi connectivity index (χ4n) is 7.28. The van der Waals surface area contributed by atoms with E-state index in [2.05, 4.69) is 31.0 Å². The molecule has 60 heavy (non-hydrogen) atoms. The van der Waals surface area contributed by atoms with Crippen molar-refractivity contribution in [3.63, 3.8) is 0 Å². The van der Waals surface area contributed by atoms with E-state index in [9.17, 15) is 37.5 Å². The molecule has 0 saturated carbocycles. The molecule has 2 saturated heterocycles. The van der Waals surface area contributed by atoms with Gasteiger partial charge in [0.05, 0.1) is 46.5 Å². The van der Waals surface area contributed by atoms with Crippen LogP contribution in [0.2, 0.25) is 5.02 Å². The number of amides is 3. The van der Waals surface area contributed by atoms with Gasteiger partial charge >= 0.3 is 12.1 Å². The van der Waals surface area contributed by atoms with E-state index in [-0.39, 0.29) is 76.5 Å². The number of benzene rings is 1. The van der Waals surface area contributed by atoms with Crippen molar-refractivity contribution in [2.45, 2.75) is 39.3 Å². The van der Waals surface area contributed by atoms with Gasteiger partial charge in [-0.05, 0) is 62.1 Å². The molecule has 2 fully saturated rings. The highest BCUT2D eigenvalue weighted by Crippen LogP contribution is 2.37. The van der Waals surface area contributed by atoms with Gasteiger partial charge in [0, 0.05) is 77.2 Å². The van der Waals surface area contributed by atoms with Gasteiger partial charge in [0.25, 0.3) is 11.8 Å². The van der Waals surface area contributed by atoms with Crippen LogP contribution >= 0.6 is 11.6 Å². The maximum atomic E-state index is 14.2. The molecule has 0 radical (unpaired) electrons. The van der Waals surface area contributed by atoms with Crippen molar-refractivity contribution in [1.29, 1.82) is 0 Å². The third kappa shape index (κ3) is 10.4. The lowest BCUT2D eigenvalue weighted by molar-refractivity contribution is -0.141. The molecule has 5 heterocycles. The van der Waals surface area contributed by atoms with Crippen LogP contribution in [0.3, 0.4) is 0 Å². The van der Waals surface area contributed by atoms with E-state index in [1.165, 1.54) is 42.2 Å². The standard InChI is InChI=1S/C40H49ClF3N11O5/c1-4-11-46-28-7-9-33(47-20-28)55-23-30(35(50-55)40(42,43)44)32-21-48-36(51(32)3)37(58)49-27-6-8-29(31(41)17-27)39(60)54-15-13-53(14-16-54)38(59)26(5-2)10-12-52(24-34(56)57)22-25-18-45-19-25/h6-9,17,20-21,23,25-26,45-46H,4-5,10-16,18-19,22,24H2,1-3H3,(H,49,58)(H,56,57). The van der Waals surface area contributed by atoms with Gasteiger partial charge in [0.1, 0.15) is 0 Å². The Bertz CT molecular complexity index is 2170. The first kappa shape index (κ1) is 44.0. The first-order valence-electron chi connectivity index (χ1n) is 19.9. The van der Waals surface area contributed by atoms with Crippen molar-refractivity contribution in [2.75, 3.05) is 76.1 Å².